The summed E-state index contributed by atoms with van der Waals surface area (Å²) in [6, 6.07) is 10.4. The minimum Gasteiger partial charge on any atom is -0.393 e. The molecule has 0 saturated carbocycles. The summed E-state index contributed by atoms with van der Waals surface area (Å²) in [6.07, 6.45) is 5.60. The number of aryl methyl sites for hydroxylation is 1. The van der Waals surface area contributed by atoms with Crippen molar-refractivity contribution in [1.29, 1.82) is 0 Å². The predicted molar refractivity (Wildman–Crippen MR) is 109 cm³/mol. The van der Waals surface area contributed by atoms with Gasteiger partial charge in [0.25, 0.3) is 0 Å². The van der Waals surface area contributed by atoms with E-state index < -0.39 is 0 Å². The van der Waals surface area contributed by atoms with E-state index in [-0.39, 0.29) is 12.1 Å². The lowest BCUT2D eigenvalue weighted by molar-refractivity contribution is 0.0608. The second-order valence-electron chi connectivity index (χ2n) is 8.35. The number of carbonyl (C=O) groups is 1. The zero-order valence-electron chi connectivity index (χ0n) is 16.6. The lowest BCUT2D eigenvalue weighted by Crippen LogP contribution is -2.47. The first-order valence-corrected chi connectivity index (χ1v) is 10.5. The summed E-state index contributed by atoms with van der Waals surface area (Å²) in [4.78, 5) is 16.7. The minimum absolute atomic E-state index is 0.0751. The number of nitrogens with zero attached hydrogens (tertiary/aromatic N) is 2. The number of nitrogens with one attached hydrogen (secondary N) is 1. The summed E-state index contributed by atoms with van der Waals surface area (Å²) in [5.41, 5.74) is 1.28. The third-order valence-corrected chi connectivity index (χ3v) is 6.32. The molecule has 2 fully saturated rings. The van der Waals surface area contributed by atoms with Gasteiger partial charge in [-0.25, -0.2) is 4.79 Å². The molecule has 1 unspecified atom stereocenters. The quantitative estimate of drug-likeness (QED) is 0.806. The average Bonchev–Trinajstić information content (AvgIpc) is 2.72. The molecule has 0 bridgehead atoms. The Morgan fingerprint density at radius 3 is 2.44 bits per heavy atom. The van der Waals surface area contributed by atoms with Crippen molar-refractivity contribution in [3.63, 3.8) is 0 Å². The lowest BCUT2D eigenvalue weighted by Gasteiger charge is -2.35. The van der Waals surface area contributed by atoms with E-state index in [0.29, 0.717) is 11.8 Å². The number of aliphatic hydroxyl groups is 1. The molecule has 0 aliphatic carbocycles. The highest BCUT2D eigenvalue weighted by Gasteiger charge is 2.27. The molecule has 5 nitrogen and oxygen atoms in total. The summed E-state index contributed by atoms with van der Waals surface area (Å²) in [5.74, 6) is 0.925. The Kier molecular flexibility index (Phi) is 7.53. The zero-order valence-corrected chi connectivity index (χ0v) is 16.6. The topological polar surface area (TPSA) is 55.8 Å². The van der Waals surface area contributed by atoms with Gasteiger partial charge in [0.05, 0.1) is 6.10 Å². The van der Waals surface area contributed by atoms with Crippen LogP contribution in [0.1, 0.15) is 37.7 Å². The van der Waals surface area contributed by atoms with E-state index in [4.69, 9.17) is 0 Å². The van der Waals surface area contributed by atoms with Crippen LogP contribution >= 0.6 is 0 Å². The van der Waals surface area contributed by atoms with E-state index in [1.807, 2.05) is 23.1 Å². The predicted octanol–water partition coefficient (Wildman–Crippen LogP) is 2.74. The van der Waals surface area contributed by atoms with Gasteiger partial charge in [-0.3, -0.25) is 0 Å². The second kappa shape index (κ2) is 10.1. The van der Waals surface area contributed by atoms with E-state index >= 15 is 0 Å². The summed E-state index contributed by atoms with van der Waals surface area (Å²) >= 11 is 0. The molecule has 5 heteroatoms. The SMILES string of the molecule is CN1CCC(CNC(=O)N2CCC(C(O)CCc3ccccc3)CC2)CC1. The molecule has 0 spiro atoms. The van der Waals surface area contributed by atoms with Crippen molar-refractivity contribution in [1.82, 2.24) is 15.1 Å². The van der Waals surface area contributed by atoms with Crippen LogP contribution in [0, 0.1) is 11.8 Å². The smallest absolute Gasteiger partial charge is 0.317 e. The molecular formula is C22H35N3O2. The molecular weight excluding hydrogens is 338 g/mol. The molecule has 1 aromatic carbocycles. The highest BCUT2D eigenvalue weighted by Crippen LogP contribution is 2.24. The van der Waals surface area contributed by atoms with Crippen molar-refractivity contribution in [2.45, 2.75) is 44.6 Å². The van der Waals surface area contributed by atoms with Gasteiger partial charge in [0.1, 0.15) is 0 Å². The Hall–Kier alpha value is -1.59. The van der Waals surface area contributed by atoms with Crippen molar-refractivity contribution in [3.05, 3.63) is 35.9 Å². The van der Waals surface area contributed by atoms with Crippen LogP contribution in [-0.4, -0.2) is 66.8 Å². The van der Waals surface area contributed by atoms with Crippen molar-refractivity contribution in [2.24, 2.45) is 11.8 Å². The van der Waals surface area contributed by atoms with Gasteiger partial charge < -0.3 is 20.2 Å². The van der Waals surface area contributed by atoms with E-state index in [1.165, 1.54) is 18.4 Å². The third kappa shape index (κ3) is 6.22. The second-order valence-corrected chi connectivity index (χ2v) is 8.35. The third-order valence-electron chi connectivity index (χ3n) is 6.32. The summed E-state index contributed by atoms with van der Waals surface area (Å²) in [7, 11) is 2.16. The summed E-state index contributed by atoms with van der Waals surface area (Å²) < 4.78 is 0. The van der Waals surface area contributed by atoms with Crippen LogP contribution in [0.25, 0.3) is 0 Å². The van der Waals surface area contributed by atoms with E-state index in [1.54, 1.807) is 0 Å². The van der Waals surface area contributed by atoms with Crippen LogP contribution in [0.4, 0.5) is 4.79 Å². The number of hydrogen-bond donors (Lipinski definition) is 2. The maximum absolute atomic E-state index is 12.4. The molecule has 27 heavy (non-hydrogen) atoms. The zero-order chi connectivity index (χ0) is 19.1. The normalized spacial score (nSPS) is 21.2. The first-order chi connectivity index (χ1) is 13.1. The number of hydrogen-bond acceptors (Lipinski definition) is 3. The number of carbonyl (C=O) groups excluding carboxylic acids is 1. The molecule has 2 N–H and O–H groups in total. The monoisotopic (exact) mass is 373 g/mol. The van der Waals surface area contributed by atoms with Crippen LogP contribution < -0.4 is 5.32 Å². The van der Waals surface area contributed by atoms with Crippen molar-refractivity contribution < 1.29 is 9.90 Å². The standard InChI is InChI=1S/C22H35N3O2/c1-24-13-9-19(10-14-24)17-23-22(27)25-15-11-20(12-16-25)21(26)8-7-18-5-3-2-4-6-18/h2-6,19-21,26H,7-17H2,1H3,(H,23,27). The van der Waals surface area contributed by atoms with Crippen LogP contribution in [0.15, 0.2) is 30.3 Å². The first-order valence-electron chi connectivity index (χ1n) is 10.5. The van der Waals surface area contributed by atoms with E-state index in [9.17, 15) is 9.90 Å². The molecule has 2 aliphatic heterocycles. The Morgan fingerprint density at radius 1 is 1.11 bits per heavy atom. The Balaban J connectivity index is 1.33. The number of amides is 2. The number of likely N-dealkylation sites (tertiary alicyclic amines) is 2. The molecule has 0 radical (unpaired) electrons. The van der Waals surface area contributed by atoms with Gasteiger partial charge in [0, 0.05) is 19.6 Å². The molecule has 2 amide bonds. The fraction of sp³-hybridized carbons (Fsp3) is 0.682. The van der Waals surface area contributed by atoms with Gasteiger partial charge in [-0.2, -0.15) is 0 Å². The lowest BCUT2D eigenvalue weighted by atomic mass is 9.88. The average molecular weight is 374 g/mol. The number of urea groups is 1. The van der Waals surface area contributed by atoms with Gasteiger partial charge in [-0.1, -0.05) is 30.3 Å². The first kappa shape index (κ1) is 20.2. The Bertz CT molecular complexity index is 564. The van der Waals surface area contributed by atoms with Gasteiger partial charge in [0.15, 0.2) is 0 Å². The van der Waals surface area contributed by atoms with Gasteiger partial charge >= 0.3 is 6.03 Å². The van der Waals surface area contributed by atoms with Gasteiger partial charge in [-0.05, 0) is 76.1 Å². The number of rotatable bonds is 6. The highest BCUT2D eigenvalue weighted by molar-refractivity contribution is 5.74. The molecule has 2 heterocycles. The molecule has 3 rings (SSSR count). The number of aliphatic hydroxyl groups excluding tert-OH is 1. The molecule has 2 aliphatic rings. The van der Waals surface area contributed by atoms with Crippen LogP contribution in [0.5, 0.6) is 0 Å². The molecule has 1 atom stereocenters. The molecule has 2 saturated heterocycles. The number of benzene rings is 1. The highest BCUT2D eigenvalue weighted by atomic mass is 16.3. The fourth-order valence-corrected chi connectivity index (χ4v) is 4.29. The minimum atomic E-state index is -0.269. The Morgan fingerprint density at radius 2 is 1.78 bits per heavy atom. The van der Waals surface area contributed by atoms with Crippen LogP contribution in [0.2, 0.25) is 0 Å². The molecule has 150 valence electrons. The van der Waals surface area contributed by atoms with Crippen molar-refractivity contribution in [3.8, 4) is 0 Å². The molecule has 0 aromatic heterocycles. The van der Waals surface area contributed by atoms with Crippen LogP contribution in [-0.2, 0) is 6.42 Å². The summed E-state index contributed by atoms with van der Waals surface area (Å²) in [5, 5.41) is 13.7. The van der Waals surface area contributed by atoms with Crippen molar-refractivity contribution >= 4 is 6.03 Å². The fourth-order valence-electron chi connectivity index (χ4n) is 4.29. The maximum Gasteiger partial charge on any atom is 0.317 e. The molecule has 1 aromatic rings. The van der Waals surface area contributed by atoms with Gasteiger partial charge in [-0.15, -0.1) is 0 Å². The number of piperidine rings is 2. The van der Waals surface area contributed by atoms with Crippen LogP contribution in [0.3, 0.4) is 0 Å². The van der Waals surface area contributed by atoms with Gasteiger partial charge in [0.2, 0.25) is 0 Å². The Labute approximate surface area is 163 Å². The van der Waals surface area contributed by atoms with E-state index in [2.05, 4.69) is 29.4 Å². The van der Waals surface area contributed by atoms with E-state index in [0.717, 1.165) is 58.4 Å². The van der Waals surface area contributed by atoms with Crippen molar-refractivity contribution in [2.75, 3.05) is 39.8 Å². The summed E-state index contributed by atoms with van der Waals surface area (Å²) in [6.45, 7) is 4.57. The largest absolute Gasteiger partial charge is 0.393 e. The maximum atomic E-state index is 12.4.